The van der Waals surface area contributed by atoms with Crippen LogP contribution in [0.4, 0.5) is 14.5 Å². The molecule has 0 atom stereocenters. The Kier molecular flexibility index (Phi) is 4.24. The van der Waals surface area contributed by atoms with Crippen LogP contribution in [0, 0.1) is 11.6 Å². The number of rotatable bonds is 4. The third-order valence-electron chi connectivity index (χ3n) is 3.31. The number of carbonyl (C=O) groups is 1. The fourth-order valence-electron chi connectivity index (χ4n) is 2.13. The van der Waals surface area contributed by atoms with Crippen LogP contribution in [0.25, 0.3) is 11.3 Å². The Morgan fingerprint density at radius 1 is 1.17 bits per heavy atom. The van der Waals surface area contributed by atoms with Gasteiger partial charge in [-0.05, 0) is 36.4 Å². The third-order valence-corrected chi connectivity index (χ3v) is 3.31. The van der Waals surface area contributed by atoms with E-state index in [-0.39, 0.29) is 17.1 Å². The van der Waals surface area contributed by atoms with E-state index in [4.69, 9.17) is 9.15 Å². The number of hydrogen-bond donors (Lipinski definition) is 1. The van der Waals surface area contributed by atoms with Crippen molar-refractivity contribution in [1.29, 1.82) is 0 Å². The van der Waals surface area contributed by atoms with Crippen molar-refractivity contribution in [1.82, 2.24) is 4.98 Å². The molecule has 122 valence electrons. The number of anilines is 1. The molecule has 0 aliphatic carbocycles. The topological polar surface area (TPSA) is 64.4 Å². The Hall–Kier alpha value is -3.22. The Labute approximate surface area is 135 Å². The highest BCUT2D eigenvalue weighted by Gasteiger charge is 2.19. The molecular formula is C17H12F2N2O3. The van der Waals surface area contributed by atoms with Gasteiger partial charge in [0.15, 0.2) is 17.8 Å². The normalized spacial score (nSPS) is 10.5. The second-order valence-corrected chi connectivity index (χ2v) is 4.84. The van der Waals surface area contributed by atoms with E-state index in [1.165, 1.54) is 7.11 Å². The maximum atomic E-state index is 13.6. The van der Waals surface area contributed by atoms with Crippen molar-refractivity contribution in [3.63, 3.8) is 0 Å². The number of oxazole rings is 1. The van der Waals surface area contributed by atoms with Crippen LogP contribution in [0.15, 0.2) is 53.3 Å². The third kappa shape index (κ3) is 3.10. The predicted molar refractivity (Wildman–Crippen MR) is 82.8 cm³/mol. The lowest BCUT2D eigenvalue weighted by Crippen LogP contribution is -2.14. The molecule has 0 saturated heterocycles. The Morgan fingerprint density at radius 2 is 1.92 bits per heavy atom. The number of halogens is 2. The van der Waals surface area contributed by atoms with Crippen molar-refractivity contribution < 1.29 is 22.7 Å². The fraction of sp³-hybridized carbons (Fsp3) is 0.0588. The minimum atomic E-state index is -0.751. The van der Waals surface area contributed by atoms with E-state index in [0.29, 0.717) is 11.3 Å². The standard InChI is InChI=1S/C17H12F2N2O3/c1-23-12-5-2-10(3-6-12)16-15(20-9-24-16)17(22)21-14-8-11(18)4-7-13(14)19/h2-9H,1H3,(H,21,22). The van der Waals surface area contributed by atoms with E-state index >= 15 is 0 Å². The van der Waals surface area contributed by atoms with Crippen LogP contribution < -0.4 is 10.1 Å². The van der Waals surface area contributed by atoms with Gasteiger partial charge in [0.25, 0.3) is 5.91 Å². The van der Waals surface area contributed by atoms with Gasteiger partial charge in [0.1, 0.15) is 17.4 Å². The predicted octanol–water partition coefficient (Wildman–Crippen LogP) is 3.88. The van der Waals surface area contributed by atoms with Crippen LogP contribution in [0.3, 0.4) is 0 Å². The summed E-state index contributed by atoms with van der Waals surface area (Å²) >= 11 is 0. The van der Waals surface area contributed by atoms with E-state index < -0.39 is 17.5 Å². The van der Waals surface area contributed by atoms with Gasteiger partial charge in [-0.2, -0.15) is 0 Å². The molecule has 0 saturated carbocycles. The first-order valence-corrected chi connectivity index (χ1v) is 6.93. The summed E-state index contributed by atoms with van der Waals surface area (Å²) in [5, 5.41) is 2.29. The molecule has 7 heteroatoms. The monoisotopic (exact) mass is 330 g/mol. The smallest absolute Gasteiger partial charge is 0.278 e. The van der Waals surface area contributed by atoms with Gasteiger partial charge >= 0.3 is 0 Å². The molecule has 0 aliphatic heterocycles. The number of nitrogens with one attached hydrogen (secondary N) is 1. The van der Waals surface area contributed by atoms with E-state index in [9.17, 15) is 13.6 Å². The SMILES string of the molecule is COc1ccc(-c2ocnc2C(=O)Nc2cc(F)ccc2F)cc1. The number of carbonyl (C=O) groups excluding carboxylic acids is 1. The maximum absolute atomic E-state index is 13.6. The van der Waals surface area contributed by atoms with Crippen LogP contribution in [0.1, 0.15) is 10.5 Å². The van der Waals surface area contributed by atoms with Crippen LogP contribution in [-0.4, -0.2) is 18.0 Å². The van der Waals surface area contributed by atoms with E-state index in [2.05, 4.69) is 10.3 Å². The van der Waals surface area contributed by atoms with Crippen molar-refractivity contribution >= 4 is 11.6 Å². The van der Waals surface area contributed by atoms with Gasteiger partial charge in [-0.25, -0.2) is 13.8 Å². The Morgan fingerprint density at radius 3 is 2.62 bits per heavy atom. The second-order valence-electron chi connectivity index (χ2n) is 4.84. The van der Waals surface area contributed by atoms with Crippen molar-refractivity contribution in [2.75, 3.05) is 12.4 Å². The highest BCUT2D eigenvalue weighted by molar-refractivity contribution is 6.06. The lowest BCUT2D eigenvalue weighted by molar-refractivity contribution is 0.102. The van der Waals surface area contributed by atoms with Crippen molar-refractivity contribution in [3.05, 3.63) is 66.2 Å². The lowest BCUT2D eigenvalue weighted by Gasteiger charge is -2.06. The summed E-state index contributed by atoms with van der Waals surface area (Å²) in [6, 6.07) is 9.57. The molecule has 0 unspecified atom stereocenters. The molecular weight excluding hydrogens is 318 g/mol. The van der Waals surface area contributed by atoms with Crippen LogP contribution in [-0.2, 0) is 0 Å². The molecule has 2 aromatic carbocycles. The average molecular weight is 330 g/mol. The van der Waals surface area contributed by atoms with Gasteiger partial charge < -0.3 is 14.5 Å². The molecule has 0 aliphatic rings. The summed E-state index contributed by atoms with van der Waals surface area (Å²) in [7, 11) is 1.54. The van der Waals surface area contributed by atoms with Crippen molar-refractivity contribution in [2.24, 2.45) is 0 Å². The molecule has 24 heavy (non-hydrogen) atoms. The van der Waals surface area contributed by atoms with Gasteiger partial charge in [0.05, 0.1) is 12.8 Å². The summed E-state index contributed by atoms with van der Waals surface area (Å²) in [5.74, 6) is -1.27. The molecule has 0 radical (unpaired) electrons. The molecule has 3 rings (SSSR count). The van der Waals surface area contributed by atoms with Gasteiger partial charge in [0.2, 0.25) is 0 Å². The molecule has 1 heterocycles. The summed E-state index contributed by atoms with van der Waals surface area (Å²) in [6.45, 7) is 0. The van der Waals surface area contributed by atoms with Crippen LogP contribution in [0.2, 0.25) is 0 Å². The van der Waals surface area contributed by atoms with Crippen molar-refractivity contribution in [2.45, 2.75) is 0 Å². The van der Waals surface area contributed by atoms with Gasteiger partial charge in [-0.1, -0.05) is 0 Å². The largest absolute Gasteiger partial charge is 0.497 e. The Bertz CT molecular complexity index is 876. The number of benzene rings is 2. The fourth-order valence-corrected chi connectivity index (χ4v) is 2.13. The number of amides is 1. The first-order chi connectivity index (χ1) is 11.6. The van der Waals surface area contributed by atoms with Crippen LogP contribution >= 0.6 is 0 Å². The molecule has 1 aromatic heterocycles. The zero-order valence-corrected chi connectivity index (χ0v) is 12.5. The lowest BCUT2D eigenvalue weighted by atomic mass is 10.1. The maximum Gasteiger partial charge on any atom is 0.278 e. The van der Waals surface area contributed by atoms with Gasteiger partial charge in [-0.15, -0.1) is 0 Å². The summed E-state index contributed by atoms with van der Waals surface area (Å²) in [5.41, 5.74) is 0.283. The molecule has 1 N–H and O–H groups in total. The van der Waals surface area contributed by atoms with Crippen molar-refractivity contribution in [3.8, 4) is 17.1 Å². The molecule has 0 spiro atoms. The van der Waals surface area contributed by atoms with E-state index in [1.807, 2.05) is 0 Å². The minimum Gasteiger partial charge on any atom is -0.497 e. The summed E-state index contributed by atoms with van der Waals surface area (Å²) in [4.78, 5) is 16.2. The Balaban J connectivity index is 1.88. The average Bonchev–Trinajstić information content (AvgIpc) is 3.08. The minimum absolute atomic E-state index is 0.0381. The first-order valence-electron chi connectivity index (χ1n) is 6.93. The highest BCUT2D eigenvalue weighted by Crippen LogP contribution is 2.26. The second kappa shape index (κ2) is 6.49. The number of aromatic nitrogens is 1. The number of methoxy groups -OCH3 is 1. The summed E-state index contributed by atoms with van der Waals surface area (Å²) < 4.78 is 37.2. The van der Waals surface area contributed by atoms with E-state index in [1.54, 1.807) is 24.3 Å². The molecule has 5 nitrogen and oxygen atoms in total. The number of nitrogens with zero attached hydrogens (tertiary/aromatic N) is 1. The number of ether oxygens (including phenoxy) is 1. The molecule has 0 bridgehead atoms. The molecule has 3 aromatic rings. The quantitative estimate of drug-likeness (QED) is 0.788. The highest BCUT2D eigenvalue weighted by atomic mass is 19.1. The van der Waals surface area contributed by atoms with Gasteiger partial charge in [0, 0.05) is 11.6 Å². The van der Waals surface area contributed by atoms with Crippen LogP contribution in [0.5, 0.6) is 5.75 Å². The number of hydrogen-bond acceptors (Lipinski definition) is 4. The first kappa shape index (κ1) is 15.7. The summed E-state index contributed by atoms with van der Waals surface area (Å²) in [6.07, 6.45) is 1.11. The zero-order valence-electron chi connectivity index (χ0n) is 12.5. The van der Waals surface area contributed by atoms with E-state index in [0.717, 1.165) is 24.6 Å². The zero-order chi connectivity index (χ0) is 17.1. The molecule has 1 amide bonds. The molecule has 0 fully saturated rings. The van der Waals surface area contributed by atoms with Gasteiger partial charge in [-0.3, -0.25) is 4.79 Å².